The van der Waals surface area contributed by atoms with Crippen LogP contribution in [0, 0.1) is 0 Å². The van der Waals surface area contributed by atoms with E-state index in [1.54, 1.807) is 12.4 Å². The molecular weight excluding hydrogens is 156 g/mol. The highest BCUT2D eigenvalue weighted by Crippen LogP contribution is 1.89. The van der Waals surface area contributed by atoms with Gasteiger partial charge >= 0.3 is 0 Å². The smallest absolute Gasteiger partial charge is 0.0690 e. The molecule has 68 valence electrons. The van der Waals surface area contributed by atoms with Gasteiger partial charge in [-0.1, -0.05) is 5.21 Å². The molecule has 0 bridgehead atoms. The Bertz CT molecular complexity index is 154. The molecule has 1 aromatic rings. The number of H-pyrrole nitrogens is 1. The maximum absolute atomic E-state index is 5.10. The second-order valence-electron chi connectivity index (χ2n) is 2.58. The molecule has 1 fully saturated rings. The predicted octanol–water partition coefficient (Wildman–Crippen LogP) is -0.247. The average Bonchev–Trinajstić information content (AvgIpc) is 2.62. The first-order chi connectivity index (χ1) is 5.89. The molecule has 0 aliphatic carbocycles. The molecule has 0 amide bonds. The summed E-state index contributed by atoms with van der Waals surface area (Å²) in [6, 6.07) is 0. The molecule has 2 heterocycles. The van der Waals surface area contributed by atoms with Crippen molar-refractivity contribution in [2.24, 2.45) is 0 Å². The van der Waals surface area contributed by atoms with E-state index in [0.29, 0.717) is 0 Å². The summed E-state index contributed by atoms with van der Waals surface area (Å²) in [7, 11) is 2.11. The second kappa shape index (κ2) is 5.68. The van der Waals surface area contributed by atoms with Crippen molar-refractivity contribution in [1.82, 2.24) is 20.3 Å². The Morgan fingerprint density at radius 2 is 2.17 bits per heavy atom. The van der Waals surface area contributed by atoms with Crippen LogP contribution in [-0.2, 0) is 4.74 Å². The summed E-state index contributed by atoms with van der Waals surface area (Å²) in [4.78, 5) is 2.27. The molecule has 0 aromatic carbocycles. The molecule has 1 saturated heterocycles. The van der Waals surface area contributed by atoms with Gasteiger partial charge in [-0.3, -0.25) is 5.10 Å². The van der Waals surface area contributed by atoms with Gasteiger partial charge in [0.1, 0.15) is 0 Å². The number of aromatic nitrogens is 3. The summed E-state index contributed by atoms with van der Waals surface area (Å²) in [5.74, 6) is 0. The summed E-state index contributed by atoms with van der Waals surface area (Å²) in [6.45, 7) is 4.02. The van der Waals surface area contributed by atoms with E-state index < -0.39 is 0 Å². The van der Waals surface area contributed by atoms with E-state index in [0.717, 1.165) is 26.3 Å². The fourth-order valence-electron chi connectivity index (χ4n) is 0.821. The summed E-state index contributed by atoms with van der Waals surface area (Å²) >= 11 is 0. The number of likely N-dealkylation sites (N-methyl/N-ethyl adjacent to an activating group) is 1. The Kier molecular flexibility index (Phi) is 4.33. The lowest BCUT2D eigenvalue weighted by molar-refractivity contribution is 0.0503. The van der Waals surface area contributed by atoms with Gasteiger partial charge in [-0.25, -0.2) is 0 Å². The number of rotatable bonds is 0. The van der Waals surface area contributed by atoms with Crippen LogP contribution in [0.15, 0.2) is 12.4 Å². The Morgan fingerprint density at radius 3 is 2.42 bits per heavy atom. The van der Waals surface area contributed by atoms with Crippen LogP contribution in [0.4, 0.5) is 0 Å². The quantitative estimate of drug-likeness (QED) is 0.583. The van der Waals surface area contributed by atoms with E-state index in [1.165, 1.54) is 0 Å². The zero-order valence-corrected chi connectivity index (χ0v) is 7.23. The fourth-order valence-corrected chi connectivity index (χ4v) is 0.821. The summed E-state index contributed by atoms with van der Waals surface area (Å²) in [5, 5.41) is 9.26. The van der Waals surface area contributed by atoms with Gasteiger partial charge in [0.05, 0.1) is 19.4 Å². The molecule has 0 unspecified atom stereocenters. The van der Waals surface area contributed by atoms with Crippen molar-refractivity contribution in [3.8, 4) is 0 Å². The van der Waals surface area contributed by atoms with E-state index >= 15 is 0 Å². The lowest BCUT2D eigenvalue weighted by atomic mass is 10.5. The normalized spacial score (nSPS) is 18.1. The van der Waals surface area contributed by atoms with Crippen LogP contribution < -0.4 is 0 Å². The number of hydrogen-bond donors (Lipinski definition) is 1. The molecule has 1 aromatic heterocycles. The van der Waals surface area contributed by atoms with E-state index in [2.05, 4.69) is 27.4 Å². The third kappa shape index (κ3) is 4.05. The molecule has 0 atom stereocenters. The van der Waals surface area contributed by atoms with E-state index in [1.807, 2.05) is 0 Å². The molecule has 0 saturated carbocycles. The Hall–Kier alpha value is -0.940. The van der Waals surface area contributed by atoms with Crippen LogP contribution in [0.3, 0.4) is 0 Å². The van der Waals surface area contributed by atoms with Crippen LogP contribution in [-0.4, -0.2) is 53.7 Å². The lowest BCUT2D eigenvalue weighted by Crippen LogP contribution is -2.32. The van der Waals surface area contributed by atoms with Gasteiger partial charge in [-0.05, 0) is 7.05 Å². The van der Waals surface area contributed by atoms with E-state index in [-0.39, 0.29) is 0 Å². The van der Waals surface area contributed by atoms with Gasteiger partial charge < -0.3 is 9.64 Å². The molecule has 1 N–H and O–H groups in total. The van der Waals surface area contributed by atoms with Gasteiger partial charge in [0.25, 0.3) is 0 Å². The van der Waals surface area contributed by atoms with E-state index in [9.17, 15) is 0 Å². The minimum atomic E-state index is 0.913. The summed E-state index contributed by atoms with van der Waals surface area (Å²) in [5.41, 5.74) is 0. The van der Waals surface area contributed by atoms with Crippen molar-refractivity contribution < 1.29 is 4.74 Å². The monoisotopic (exact) mass is 170 g/mol. The standard InChI is InChI=1S/C5H11NO.C2H3N3/c1-6-2-4-7-5-3-6;1-2-4-5-3-1/h2-5H2,1H3;1-2H,(H,3,4,5). The number of hydrogen-bond acceptors (Lipinski definition) is 4. The minimum absolute atomic E-state index is 0.913. The van der Waals surface area contributed by atoms with Crippen molar-refractivity contribution in [1.29, 1.82) is 0 Å². The average molecular weight is 170 g/mol. The number of ether oxygens (including phenoxy) is 1. The third-order valence-electron chi connectivity index (χ3n) is 1.57. The largest absolute Gasteiger partial charge is 0.379 e. The minimum Gasteiger partial charge on any atom is -0.379 e. The van der Waals surface area contributed by atoms with Crippen molar-refractivity contribution >= 4 is 0 Å². The van der Waals surface area contributed by atoms with Crippen LogP contribution >= 0.6 is 0 Å². The molecule has 1 aliphatic heterocycles. The second-order valence-corrected chi connectivity index (χ2v) is 2.58. The highest BCUT2D eigenvalue weighted by Gasteiger charge is 2.02. The van der Waals surface area contributed by atoms with Gasteiger partial charge in [-0.15, -0.1) is 5.10 Å². The third-order valence-corrected chi connectivity index (χ3v) is 1.57. The lowest BCUT2D eigenvalue weighted by Gasteiger charge is -2.21. The maximum Gasteiger partial charge on any atom is 0.0690 e. The zero-order chi connectivity index (χ0) is 8.65. The van der Waals surface area contributed by atoms with Crippen LogP contribution in [0.2, 0.25) is 0 Å². The first-order valence-electron chi connectivity index (χ1n) is 3.96. The molecule has 5 heteroatoms. The summed E-state index contributed by atoms with van der Waals surface area (Å²) < 4.78 is 5.10. The molecule has 5 nitrogen and oxygen atoms in total. The van der Waals surface area contributed by atoms with Crippen LogP contribution in [0.1, 0.15) is 0 Å². The Morgan fingerprint density at radius 1 is 1.42 bits per heavy atom. The topological polar surface area (TPSA) is 54.0 Å². The highest BCUT2D eigenvalue weighted by molar-refractivity contribution is 4.55. The van der Waals surface area contributed by atoms with Crippen molar-refractivity contribution in [3.05, 3.63) is 12.4 Å². The molecular formula is C7H14N4O. The maximum atomic E-state index is 5.10. The molecule has 12 heavy (non-hydrogen) atoms. The SMILES string of the molecule is CN1CCOCC1.c1c[nH]nn1. The van der Waals surface area contributed by atoms with E-state index in [4.69, 9.17) is 4.74 Å². The molecule has 0 radical (unpaired) electrons. The first kappa shape index (κ1) is 9.15. The van der Waals surface area contributed by atoms with Gasteiger partial charge in [0.2, 0.25) is 0 Å². The summed E-state index contributed by atoms with van der Waals surface area (Å²) in [6.07, 6.45) is 3.24. The first-order valence-corrected chi connectivity index (χ1v) is 3.96. The predicted molar refractivity (Wildman–Crippen MR) is 44.7 cm³/mol. The number of aromatic amines is 1. The van der Waals surface area contributed by atoms with Crippen molar-refractivity contribution in [2.75, 3.05) is 33.4 Å². The Labute approximate surface area is 71.7 Å². The molecule has 1 aliphatic rings. The van der Waals surface area contributed by atoms with Gasteiger partial charge in [-0.2, -0.15) is 0 Å². The highest BCUT2D eigenvalue weighted by atomic mass is 16.5. The fraction of sp³-hybridized carbons (Fsp3) is 0.714. The van der Waals surface area contributed by atoms with Crippen LogP contribution in [0.25, 0.3) is 0 Å². The van der Waals surface area contributed by atoms with Crippen molar-refractivity contribution in [2.45, 2.75) is 0 Å². The number of nitrogens with zero attached hydrogens (tertiary/aromatic N) is 3. The van der Waals surface area contributed by atoms with Crippen LogP contribution in [0.5, 0.6) is 0 Å². The Balaban J connectivity index is 0.000000127. The number of morpholine rings is 1. The number of nitrogens with one attached hydrogen (secondary N) is 1. The zero-order valence-electron chi connectivity index (χ0n) is 7.23. The van der Waals surface area contributed by atoms with Crippen molar-refractivity contribution in [3.63, 3.8) is 0 Å². The molecule has 2 rings (SSSR count). The van der Waals surface area contributed by atoms with Gasteiger partial charge in [0, 0.05) is 19.3 Å². The molecule has 0 spiro atoms. The van der Waals surface area contributed by atoms with Gasteiger partial charge in [0.15, 0.2) is 0 Å².